The zero-order valence-corrected chi connectivity index (χ0v) is 13.0. The molecule has 0 radical (unpaired) electrons. The summed E-state index contributed by atoms with van der Waals surface area (Å²) >= 11 is 0. The number of hydrogen-bond donors (Lipinski definition) is 0. The molecule has 0 spiro atoms. The molecule has 8 heteroatoms. The second-order valence-electron chi connectivity index (χ2n) is 3.86. The number of carbonyl (C=O) groups excluding carboxylic acids is 1. The first-order valence-corrected chi connectivity index (χ1v) is 8.58. The van der Waals surface area contributed by atoms with Crippen molar-refractivity contribution in [3.63, 3.8) is 0 Å². The molecule has 0 saturated carbocycles. The molecule has 0 aliphatic rings. The lowest BCUT2D eigenvalue weighted by molar-refractivity contribution is 0.105. The summed E-state index contributed by atoms with van der Waals surface area (Å²) in [5, 5.41) is 3.66. The van der Waals surface area contributed by atoms with Gasteiger partial charge in [-0.1, -0.05) is 16.9 Å². The highest BCUT2D eigenvalue weighted by Gasteiger charge is 2.06. The van der Waals surface area contributed by atoms with Crippen molar-refractivity contribution in [2.75, 3.05) is 12.4 Å². The van der Waals surface area contributed by atoms with Gasteiger partial charge in [0.2, 0.25) is 0 Å². The van der Waals surface area contributed by atoms with Gasteiger partial charge in [0.15, 0.2) is 0 Å². The Kier molecular flexibility index (Phi) is 6.72. The predicted molar refractivity (Wildman–Crippen MR) is 86.4 cm³/mol. The van der Waals surface area contributed by atoms with Crippen molar-refractivity contribution in [1.82, 2.24) is 4.98 Å². The molecule has 22 heavy (non-hydrogen) atoms. The lowest BCUT2D eigenvalue weighted by atomic mass is 10.3. The van der Waals surface area contributed by atoms with Gasteiger partial charge in [-0.25, -0.2) is 9.78 Å². The van der Waals surface area contributed by atoms with E-state index < -0.39 is 6.16 Å². The summed E-state index contributed by atoms with van der Waals surface area (Å²) in [6, 6.07) is 11.5. The Morgan fingerprint density at radius 1 is 1.18 bits per heavy atom. The minimum Gasteiger partial charge on any atom is -0.433 e. The van der Waals surface area contributed by atoms with Crippen LogP contribution in [0.2, 0.25) is 0 Å². The van der Waals surface area contributed by atoms with E-state index in [1.165, 1.54) is 45.9 Å². The number of benzene rings is 1. The van der Waals surface area contributed by atoms with Crippen molar-refractivity contribution in [2.24, 2.45) is 5.18 Å². The van der Waals surface area contributed by atoms with E-state index in [0.717, 1.165) is 5.03 Å². The van der Waals surface area contributed by atoms with Gasteiger partial charge in [0.05, 0.1) is 0 Å². The lowest BCUT2D eigenvalue weighted by Gasteiger charge is -2.05. The number of aromatic nitrogens is 1. The first kappa shape index (κ1) is 16.3. The van der Waals surface area contributed by atoms with Crippen LogP contribution in [0.1, 0.15) is 0 Å². The Morgan fingerprint density at radius 3 is 2.68 bits per heavy atom. The van der Waals surface area contributed by atoms with Crippen molar-refractivity contribution in [3.05, 3.63) is 53.6 Å². The van der Waals surface area contributed by atoms with E-state index in [1.807, 2.05) is 18.2 Å². The molecule has 1 aromatic carbocycles. The SMILES string of the molecule is O=Nc1ccc(OC(=O)OCCSSc2ccccn2)cc1. The molecule has 0 saturated heterocycles. The quantitative estimate of drug-likeness (QED) is 0.243. The molecule has 0 bridgehead atoms. The predicted octanol–water partition coefficient (Wildman–Crippen LogP) is 4.44. The van der Waals surface area contributed by atoms with Crippen LogP contribution in [0.3, 0.4) is 0 Å². The zero-order chi connectivity index (χ0) is 15.6. The summed E-state index contributed by atoms with van der Waals surface area (Å²) in [7, 11) is 3.05. The fraction of sp³-hybridized carbons (Fsp3) is 0.143. The highest BCUT2D eigenvalue weighted by molar-refractivity contribution is 8.76. The largest absolute Gasteiger partial charge is 0.513 e. The molecule has 0 unspecified atom stereocenters. The van der Waals surface area contributed by atoms with Crippen LogP contribution in [-0.2, 0) is 4.74 Å². The van der Waals surface area contributed by atoms with E-state index >= 15 is 0 Å². The van der Waals surface area contributed by atoms with E-state index in [0.29, 0.717) is 11.5 Å². The van der Waals surface area contributed by atoms with Crippen molar-refractivity contribution < 1.29 is 14.3 Å². The number of rotatable bonds is 7. The van der Waals surface area contributed by atoms with Gasteiger partial charge in [-0.2, -0.15) is 0 Å². The van der Waals surface area contributed by atoms with Crippen LogP contribution >= 0.6 is 21.6 Å². The van der Waals surface area contributed by atoms with Gasteiger partial charge in [0, 0.05) is 11.9 Å². The van der Waals surface area contributed by atoms with E-state index in [2.05, 4.69) is 10.2 Å². The number of nitrogens with zero attached hydrogens (tertiary/aromatic N) is 2. The van der Waals surface area contributed by atoms with Gasteiger partial charge < -0.3 is 9.47 Å². The summed E-state index contributed by atoms with van der Waals surface area (Å²) < 4.78 is 9.89. The molecule has 2 aromatic rings. The molecule has 1 aromatic heterocycles. The van der Waals surface area contributed by atoms with Crippen LogP contribution < -0.4 is 4.74 Å². The molecular formula is C14H12N2O4S2. The monoisotopic (exact) mass is 336 g/mol. The van der Waals surface area contributed by atoms with E-state index in [1.54, 1.807) is 6.20 Å². The molecule has 1 heterocycles. The molecule has 0 fully saturated rings. The average molecular weight is 336 g/mol. The Labute approximate surface area is 135 Å². The highest BCUT2D eigenvalue weighted by Crippen LogP contribution is 2.28. The second kappa shape index (κ2) is 9.06. The number of nitroso groups, excluding NO2 is 1. The van der Waals surface area contributed by atoms with Crippen molar-refractivity contribution >= 4 is 33.4 Å². The maximum Gasteiger partial charge on any atom is 0.513 e. The normalized spacial score (nSPS) is 10.0. The van der Waals surface area contributed by atoms with Crippen LogP contribution in [-0.4, -0.2) is 23.5 Å². The lowest BCUT2D eigenvalue weighted by Crippen LogP contribution is -2.12. The number of hydrogen-bond acceptors (Lipinski definition) is 8. The zero-order valence-electron chi connectivity index (χ0n) is 11.4. The Bertz CT molecular complexity index is 608. The number of carbonyl (C=O) groups is 1. The summed E-state index contributed by atoms with van der Waals surface area (Å²) in [6.45, 7) is 0.233. The molecule has 2 rings (SSSR count). The van der Waals surface area contributed by atoms with E-state index in [4.69, 9.17) is 9.47 Å². The Morgan fingerprint density at radius 2 is 2.00 bits per heavy atom. The molecule has 0 atom stereocenters. The molecule has 0 aliphatic carbocycles. The van der Waals surface area contributed by atoms with Gasteiger partial charge in [-0.15, -0.1) is 4.91 Å². The third kappa shape index (κ3) is 5.74. The van der Waals surface area contributed by atoms with Crippen molar-refractivity contribution in [3.8, 4) is 5.75 Å². The third-order valence-electron chi connectivity index (χ3n) is 2.31. The molecule has 114 valence electrons. The van der Waals surface area contributed by atoms with Crippen molar-refractivity contribution in [2.45, 2.75) is 5.03 Å². The second-order valence-corrected chi connectivity index (χ2v) is 6.29. The number of pyridine rings is 1. The molecule has 0 aliphatic heterocycles. The van der Waals surface area contributed by atoms with Gasteiger partial charge in [-0.05, 0) is 52.4 Å². The van der Waals surface area contributed by atoms with Gasteiger partial charge in [0.1, 0.15) is 23.1 Å². The highest BCUT2D eigenvalue weighted by atomic mass is 33.1. The van der Waals surface area contributed by atoms with Gasteiger partial charge in [0.25, 0.3) is 0 Å². The molecule has 6 nitrogen and oxygen atoms in total. The van der Waals surface area contributed by atoms with Crippen molar-refractivity contribution in [1.29, 1.82) is 0 Å². The van der Waals surface area contributed by atoms with E-state index in [-0.39, 0.29) is 12.3 Å². The summed E-state index contributed by atoms with van der Waals surface area (Å²) in [6.07, 6.45) is 0.942. The van der Waals surface area contributed by atoms with Crippen LogP contribution in [0, 0.1) is 4.91 Å². The summed E-state index contributed by atoms with van der Waals surface area (Å²) in [4.78, 5) is 25.9. The minimum atomic E-state index is -0.782. The van der Waals surface area contributed by atoms with Gasteiger partial charge in [-0.3, -0.25) is 0 Å². The Hall–Kier alpha value is -2.06. The maximum atomic E-state index is 11.4. The van der Waals surface area contributed by atoms with Crippen LogP contribution in [0.15, 0.2) is 58.9 Å². The fourth-order valence-corrected chi connectivity index (χ4v) is 3.06. The molecular weight excluding hydrogens is 324 g/mol. The van der Waals surface area contributed by atoms with Crippen LogP contribution in [0.4, 0.5) is 10.5 Å². The maximum absolute atomic E-state index is 11.4. The topological polar surface area (TPSA) is 77.8 Å². The van der Waals surface area contributed by atoms with E-state index in [9.17, 15) is 9.70 Å². The number of ether oxygens (including phenoxy) is 2. The Balaban J connectivity index is 1.62. The van der Waals surface area contributed by atoms with Crippen LogP contribution in [0.5, 0.6) is 5.75 Å². The molecule has 0 N–H and O–H groups in total. The van der Waals surface area contributed by atoms with Gasteiger partial charge >= 0.3 is 6.16 Å². The molecule has 0 amide bonds. The smallest absolute Gasteiger partial charge is 0.433 e. The summed E-state index contributed by atoms with van der Waals surface area (Å²) in [5.41, 5.74) is 0.267. The average Bonchev–Trinajstić information content (AvgIpc) is 2.56. The van der Waals surface area contributed by atoms with Crippen LogP contribution in [0.25, 0.3) is 0 Å². The summed E-state index contributed by atoms with van der Waals surface area (Å²) in [5.74, 6) is 0.914. The fourth-order valence-electron chi connectivity index (χ4n) is 1.36. The minimum absolute atomic E-state index is 0.233. The first-order valence-electron chi connectivity index (χ1n) is 6.26. The standard InChI is InChI=1S/C14H12N2O4S2/c17-14(20-12-6-4-11(16-18)5-7-12)19-9-10-21-22-13-3-1-2-8-15-13/h1-8H,9-10H2. The third-order valence-corrected chi connectivity index (χ3v) is 4.54. The first-order chi connectivity index (χ1) is 10.8.